The second-order valence-corrected chi connectivity index (χ2v) is 10.0. The zero-order chi connectivity index (χ0) is 22.1. The van der Waals surface area contributed by atoms with Crippen molar-refractivity contribution in [3.8, 4) is 5.69 Å². The number of halogens is 1. The maximum atomic E-state index is 13.4. The molecule has 8 heteroatoms. The first-order chi connectivity index (χ1) is 14.8. The summed E-state index contributed by atoms with van der Waals surface area (Å²) >= 11 is 2.78. The van der Waals surface area contributed by atoms with Gasteiger partial charge in [-0.1, -0.05) is 24.8 Å². The summed E-state index contributed by atoms with van der Waals surface area (Å²) in [6, 6.07) is 11.6. The van der Waals surface area contributed by atoms with Crippen molar-refractivity contribution < 1.29 is 9.18 Å². The Labute approximate surface area is 188 Å². The highest BCUT2D eigenvalue weighted by atomic mass is 32.2. The van der Waals surface area contributed by atoms with E-state index in [1.54, 1.807) is 16.3 Å². The summed E-state index contributed by atoms with van der Waals surface area (Å²) in [5.74, 6) is -0.531. The number of carbonyl (C=O) groups excluding carboxylic acids is 1. The van der Waals surface area contributed by atoms with Crippen molar-refractivity contribution in [1.29, 1.82) is 0 Å². The number of aromatic nitrogens is 2. The van der Waals surface area contributed by atoms with Gasteiger partial charge in [0.15, 0.2) is 5.16 Å². The topological polar surface area (TPSA) is 64.0 Å². The van der Waals surface area contributed by atoms with E-state index >= 15 is 0 Å². The van der Waals surface area contributed by atoms with E-state index in [2.05, 4.69) is 18.3 Å². The van der Waals surface area contributed by atoms with E-state index in [-0.39, 0.29) is 23.0 Å². The lowest BCUT2D eigenvalue weighted by molar-refractivity contribution is -0.113. The summed E-state index contributed by atoms with van der Waals surface area (Å²) in [4.78, 5) is 31.3. The van der Waals surface area contributed by atoms with Crippen molar-refractivity contribution in [1.82, 2.24) is 9.55 Å². The number of thioether (sulfide) groups is 2. The standard InChI is InChI=1S/C23H22FN3O2S2/c1-13-8-14(2)10-18(9-13)27-22(29)21-19(11-15(3)31-21)26-23(27)30-12-20(28)25-17-6-4-16(24)5-7-17/h4-10,15H,11-12H2,1-3H3,(H,25,28)/t15-/m1/s1. The second-order valence-electron chi connectivity index (χ2n) is 7.63. The van der Waals surface area contributed by atoms with Crippen molar-refractivity contribution in [2.24, 2.45) is 0 Å². The quantitative estimate of drug-likeness (QED) is 0.444. The summed E-state index contributed by atoms with van der Waals surface area (Å²) in [5, 5.41) is 3.54. The molecule has 1 aliphatic heterocycles. The fourth-order valence-electron chi connectivity index (χ4n) is 3.56. The van der Waals surface area contributed by atoms with E-state index in [1.807, 2.05) is 26.0 Å². The van der Waals surface area contributed by atoms with Gasteiger partial charge in [0.05, 0.1) is 22.0 Å². The minimum atomic E-state index is -0.362. The molecule has 0 bridgehead atoms. The fraction of sp³-hybridized carbons (Fsp3) is 0.261. The van der Waals surface area contributed by atoms with Crippen LogP contribution in [0.3, 0.4) is 0 Å². The molecule has 0 spiro atoms. The van der Waals surface area contributed by atoms with Crippen molar-refractivity contribution in [3.63, 3.8) is 0 Å². The highest BCUT2D eigenvalue weighted by Gasteiger charge is 2.27. The Morgan fingerprint density at radius 1 is 1.23 bits per heavy atom. The summed E-state index contributed by atoms with van der Waals surface area (Å²) in [6.45, 7) is 6.06. The van der Waals surface area contributed by atoms with Gasteiger partial charge < -0.3 is 5.32 Å². The molecule has 4 rings (SSSR count). The van der Waals surface area contributed by atoms with Crippen molar-refractivity contribution >= 4 is 35.1 Å². The number of benzene rings is 2. The lowest BCUT2D eigenvalue weighted by atomic mass is 10.1. The normalized spacial score (nSPS) is 15.0. The van der Waals surface area contributed by atoms with Gasteiger partial charge in [-0.05, 0) is 61.4 Å². The number of hydrogen-bond acceptors (Lipinski definition) is 5. The van der Waals surface area contributed by atoms with Gasteiger partial charge in [0.1, 0.15) is 5.82 Å². The number of rotatable bonds is 5. The Balaban J connectivity index is 1.65. The van der Waals surface area contributed by atoms with Crippen LogP contribution in [0.15, 0.2) is 57.3 Å². The Kier molecular flexibility index (Phi) is 6.20. The molecule has 3 aromatic rings. The zero-order valence-electron chi connectivity index (χ0n) is 17.4. The first-order valence-electron chi connectivity index (χ1n) is 9.89. The van der Waals surface area contributed by atoms with Crippen LogP contribution in [-0.2, 0) is 11.2 Å². The lowest BCUT2D eigenvalue weighted by Gasteiger charge is -2.15. The van der Waals surface area contributed by atoms with E-state index in [4.69, 9.17) is 4.98 Å². The maximum absolute atomic E-state index is 13.4. The highest BCUT2D eigenvalue weighted by Crippen LogP contribution is 2.35. The average molecular weight is 456 g/mol. The molecule has 1 N–H and O–H groups in total. The van der Waals surface area contributed by atoms with E-state index in [9.17, 15) is 14.0 Å². The minimum absolute atomic E-state index is 0.0795. The molecule has 31 heavy (non-hydrogen) atoms. The number of nitrogens with one attached hydrogen (secondary N) is 1. The van der Waals surface area contributed by atoms with Crippen LogP contribution >= 0.6 is 23.5 Å². The largest absolute Gasteiger partial charge is 0.325 e. The molecule has 0 radical (unpaired) electrons. The zero-order valence-corrected chi connectivity index (χ0v) is 19.1. The molecule has 1 atom stereocenters. The van der Waals surface area contributed by atoms with E-state index in [0.717, 1.165) is 28.9 Å². The minimum Gasteiger partial charge on any atom is -0.325 e. The van der Waals surface area contributed by atoms with Crippen LogP contribution in [0, 0.1) is 19.7 Å². The second kappa shape index (κ2) is 8.88. The summed E-state index contributed by atoms with van der Waals surface area (Å²) in [6.07, 6.45) is 0.734. The van der Waals surface area contributed by atoms with Crippen LogP contribution in [0.1, 0.15) is 23.7 Å². The monoisotopic (exact) mass is 455 g/mol. The molecule has 0 saturated carbocycles. The molecule has 160 valence electrons. The average Bonchev–Trinajstić information content (AvgIpc) is 3.08. The van der Waals surface area contributed by atoms with Gasteiger partial charge in [-0.2, -0.15) is 0 Å². The molecule has 0 unspecified atom stereocenters. The van der Waals surface area contributed by atoms with Gasteiger partial charge in [0.25, 0.3) is 5.56 Å². The van der Waals surface area contributed by atoms with Gasteiger partial charge in [-0.25, -0.2) is 9.37 Å². The van der Waals surface area contributed by atoms with Gasteiger partial charge in [-0.15, -0.1) is 11.8 Å². The molecular weight excluding hydrogens is 433 g/mol. The van der Waals surface area contributed by atoms with Crippen molar-refractivity contribution in [2.45, 2.75) is 42.5 Å². The van der Waals surface area contributed by atoms with Crippen LogP contribution in [0.5, 0.6) is 0 Å². The molecule has 1 aromatic heterocycles. The summed E-state index contributed by atoms with van der Waals surface area (Å²) in [5.41, 5.74) is 4.07. The molecular formula is C23H22FN3O2S2. The predicted octanol–water partition coefficient (Wildman–Crippen LogP) is 4.76. The number of carbonyl (C=O) groups is 1. The molecule has 2 aromatic carbocycles. The highest BCUT2D eigenvalue weighted by molar-refractivity contribution is 8.00. The van der Waals surface area contributed by atoms with E-state index < -0.39 is 0 Å². The first-order valence-corrected chi connectivity index (χ1v) is 11.8. The predicted molar refractivity (Wildman–Crippen MR) is 124 cm³/mol. The maximum Gasteiger partial charge on any atom is 0.272 e. The number of fused-ring (bicyclic) bond motifs is 1. The van der Waals surface area contributed by atoms with Crippen LogP contribution in [0.4, 0.5) is 10.1 Å². The Bertz CT molecular complexity index is 1190. The number of amides is 1. The first kappa shape index (κ1) is 21.6. The van der Waals surface area contributed by atoms with Gasteiger partial charge >= 0.3 is 0 Å². The third-order valence-electron chi connectivity index (χ3n) is 4.81. The molecule has 0 aliphatic carbocycles. The SMILES string of the molecule is Cc1cc(C)cc(-n2c(SCC(=O)Nc3ccc(F)cc3)nc3c(c2=O)S[C@H](C)C3)c1. The van der Waals surface area contributed by atoms with Crippen molar-refractivity contribution in [2.75, 3.05) is 11.1 Å². The smallest absolute Gasteiger partial charge is 0.272 e. The molecule has 1 aliphatic rings. The van der Waals surface area contributed by atoms with Crippen LogP contribution in [0.2, 0.25) is 0 Å². The number of aryl methyl sites for hydroxylation is 2. The Morgan fingerprint density at radius 2 is 1.90 bits per heavy atom. The Morgan fingerprint density at radius 3 is 2.58 bits per heavy atom. The number of nitrogens with zero attached hydrogens (tertiary/aromatic N) is 2. The van der Waals surface area contributed by atoms with E-state index in [1.165, 1.54) is 36.0 Å². The molecule has 0 saturated heterocycles. The summed E-state index contributed by atoms with van der Waals surface area (Å²) in [7, 11) is 0. The molecule has 2 heterocycles. The Hall–Kier alpha value is -2.58. The molecule has 1 amide bonds. The van der Waals surface area contributed by atoms with Crippen LogP contribution < -0.4 is 10.9 Å². The number of anilines is 1. The van der Waals surface area contributed by atoms with Crippen molar-refractivity contribution in [3.05, 3.63) is 75.5 Å². The van der Waals surface area contributed by atoms with Crippen LogP contribution in [-0.4, -0.2) is 26.5 Å². The van der Waals surface area contributed by atoms with Gasteiger partial charge in [-0.3, -0.25) is 14.2 Å². The summed E-state index contributed by atoms with van der Waals surface area (Å²) < 4.78 is 14.7. The fourth-order valence-corrected chi connectivity index (χ4v) is 5.49. The van der Waals surface area contributed by atoms with Crippen LogP contribution in [0.25, 0.3) is 5.69 Å². The van der Waals surface area contributed by atoms with Gasteiger partial charge in [0.2, 0.25) is 5.91 Å². The van der Waals surface area contributed by atoms with Gasteiger partial charge in [0, 0.05) is 17.4 Å². The van der Waals surface area contributed by atoms with E-state index in [0.29, 0.717) is 21.0 Å². The molecule has 0 fully saturated rings. The third-order valence-corrected chi connectivity index (χ3v) is 6.96. The lowest BCUT2D eigenvalue weighted by Crippen LogP contribution is -2.25. The molecule has 5 nitrogen and oxygen atoms in total. The number of hydrogen-bond donors (Lipinski definition) is 1. The third kappa shape index (κ3) is 4.85.